The van der Waals surface area contributed by atoms with Gasteiger partial charge in [-0.3, -0.25) is 14.7 Å². The van der Waals surface area contributed by atoms with Gasteiger partial charge in [-0.15, -0.1) is 0 Å². The molecule has 3 heterocycles. The topological polar surface area (TPSA) is 135 Å². The van der Waals surface area contributed by atoms with Gasteiger partial charge in [-0.05, 0) is 17.7 Å². The van der Waals surface area contributed by atoms with Gasteiger partial charge < -0.3 is 19.6 Å². The van der Waals surface area contributed by atoms with Gasteiger partial charge in [-0.1, -0.05) is 36.4 Å². The SMILES string of the molecule is COc1cccc2oc(-c3c(C(=O)NCCO)nc4c(-c5ccccc5)c(C(F)(F)F)[nH]n4c3=O)nc12. The number of fused-ring (bicyclic) bond motifs is 2. The number of halogens is 3. The summed E-state index contributed by atoms with van der Waals surface area (Å²) in [6, 6.07) is 12.3. The van der Waals surface area contributed by atoms with Crippen LogP contribution in [0.5, 0.6) is 5.75 Å². The minimum atomic E-state index is -4.88. The second-order valence-corrected chi connectivity index (χ2v) is 7.83. The number of amides is 1. The Labute approximate surface area is 205 Å². The van der Waals surface area contributed by atoms with Crippen molar-refractivity contribution in [2.24, 2.45) is 0 Å². The number of aliphatic hydroxyl groups is 1. The van der Waals surface area contributed by atoms with Gasteiger partial charge in [0.05, 0.1) is 19.3 Å². The van der Waals surface area contributed by atoms with Gasteiger partial charge >= 0.3 is 6.18 Å². The first kappa shape index (κ1) is 24.1. The highest BCUT2D eigenvalue weighted by Gasteiger charge is 2.39. The van der Waals surface area contributed by atoms with E-state index in [1.165, 1.54) is 31.4 Å². The van der Waals surface area contributed by atoms with Crippen molar-refractivity contribution in [3.8, 4) is 28.3 Å². The molecule has 0 atom stereocenters. The Balaban J connectivity index is 1.87. The number of benzene rings is 2. The average molecular weight is 513 g/mol. The molecule has 0 aliphatic heterocycles. The van der Waals surface area contributed by atoms with Crippen LogP contribution >= 0.6 is 0 Å². The fraction of sp³-hybridized carbons (Fsp3) is 0.167. The van der Waals surface area contributed by atoms with Crippen LogP contribution in [0.2, 0.25) is 0 Å². The average Bonchev–Trinajstić information content (AvgIpc) is 3.49. The number of methoxy groups -OCH3 is 1. The molecule has 5 aromatic rings. The molecular formula is C24H18F3N5O5. The van der Waals surface area contributed by atoms with E-state index < -0.39 is 52.4 Å². The Morgan fingerprint density at radius 3 is 2.57 bits per heavy atom. The molecule has 3 aromatic heterocycles. The molecule has 0 radical (unpaired) electrons. The molecule has 0 aliphatic rings. The van der Waals surface area contributed by atoms with E-state index in [-0.39, 0.29) is 29.1 Å². The van der Waals surface area contributed by atoms with Gasteiger partial charge in [0, 0.05) is 6.54 Å². The number of nitrogens with one attached hydrogen (secondary N) is 2. The van der Waals surface area contributed by atoms with Crippen LogP contribution in [0.1, 0.15) is 16.2 Å². The van der Waals surface area contributed by atoms with E-state index in [0.717, 1.165) is 0 Å². The molecule has 190 valence electrons. The number of para-hydroxylation sites is 1. The highest BCUT2D eigenvalue weighted by Crippen LogP contribution is 2.38. The lowest BCUT2D eigenvalue weighted by Gasteiger charge is -2.08. The van der Waals surface area contributed by atoms with Crippen LogP contribution in [0.15, 0.2) is 57.7 Å². The summed E-state index contributed by atoms with van der Waals surface area (Å²) in [6.45, 7) is -0.604. The van der Waals surface area contributed by atoms with Crippen LogP contribution in [0.3, 0.4) is 0 Å². The third-order valence-electron chi connectivity index (χ3n) is 5.55. The smallest absolute Gasteiger partial charge is 0.433 e. The van der Waals surface area contributed by atoms with E-state index in [9.17, 15) is 22.8 Å². The van der Waals surface area contributed by atoms with E-state index >= 15 is 0 Å². The zero-order valence-corrected chi connectivity index (χ0v) is 19.1. The zero-order valence-electron chi connectivity index (χ0n) is 19.1. The van der Waals surface area contributed by atoms with Crippen LogP contribution in [-0.2, 0) is 6.18 Å². The lowest BCUT2D eigenvalue weighted by Crippen LogP contribution is -2.31. The van der Waals surface area contributed by atoms with Crippen LogP contribution in [0, 0.1) is 0 Å². The van der Waals surface area contributed by atoms with Crippen molar-refractivity contribution in [3.05, 3.63) is 70.3 Å². The highest BCUT2D eigenvalue weighted by molar-refractivity contribution is 5.99. The van der Waals surface area contributed by atoms with Crippen molar-refractivity contribution in [1.82, 2.24) is 24.9 Å². The highest BCUT2D eigenvalue weighted by atomic mass is 19.4. The molecule has 0 saturated heterocycles. The Morgan fingerprint density at radius 2 is 1.89 bits per heavy atom. The normalized spacial score (nSPS) is 11.8. The Morgan fingerprint density at radius 1 is 1.14 bits per heavy atom. The number of hydrogen-bond donors (Lipinski definition) is 3. The minimum absolute atomic E-state index is 0.126. The van der Waals surface area contributed by atoms with Gasteiger partial charge in [0.25, 0.3) is 11.5 Å². The fourth-order valence-corrected chi connectivity index (χ4v) is 3.96. The van der Waals surface area contributed by atoms with Gasteiger partial charge in [-0.2, -0.15) is 17.7 Å². The first-order valence-corrected chi connectivity index (χ1v) is 10.9. The number of H-pyrrole nitrogens is 1. The summed E-state index contributed by atoms with van der Waals surface area (Å²) in [5, 5.41) is 13.6. The molecule has 5 rings (SSSR count). The Bertz CT molecular complexity index is 1690. The summed E-state index contributed by atoms with van der Waals surface area (Å²) >= 11 is 0. The van der Waals surface area contributed by atoms with Gasteiger partial charge in [0.1, 0.15) is 22.7 Å². The van der Waals surface area contributed by atoms with E-state index in [0.29, 0.717) is 10.3 Å². The van der Waals surface area contributed by atoms with Crippen LogP contribution in [0.4, 0.5) is 13.2 Å². The Kier molecular flexibility index (Phi) is 5.91. The van der Waals surface area contributed by atoms with E-state index in [1.807, 2.05) is 0 Å². The van der Waals surface area contributed by atoms with Crippen molar-refractivity contribution in [1.29, 1.82) is 0 Å². The zero-order chi connectivity index (χ0) is 26.3. The van der Waals surface area contributed by atoms with Crippen molar-refractivity contribution in [2.75, 3.05) is 20.3 Å². The quantitative estimate of drug-likeness (QED) is 0.317. The minimum Gasteiger partial charge on any atom is -0.494 e. The monoisotopic (exact) mass is 513 g/mol. The Hall–Kier alpha value is -4.65. The lowest BCUT2D eigenvalue weighted by atomic mass is 10.1. The number of aromatic amines is 1. The van der Waals surface area contributed by atoms with Crippen molar-refractivity contribution in [2.45, 2.75) is 6.18 Å². The molecule has 13 heteroatoms. The maximum absolute atomic E-state index is 14.0. The summed E-state index contributed by atoms with van der Waals surface area (Å²) in [7, 11) is 1.40. The molecule has 37 heavy (non-hydrogen) atoms. The molecule has 3 N–H and O–H groups in total. The maximum Gasteiger partial charge on any atom is 0.433 e. The first-order valence-electron chi connectivity index (χ1n) is 10.9. The predicted molar refractivity (Wildman–Crippen MR) is 125 cm³/mol. The molecule has 0 unspecified atom stereocenters. The fourth-order valence-electron chi connectivity index (χ4n) is 3.96. The summed E-state index contributed by atoms with van der Waals surface area (Å²) in [5.74, 6) is -0.935. The van der Waals surface area contributed by atoms with Gasteiger partial charge in [-0.25, -0.2) is 9.97 Å². The third kappa shape index (κ3) is 4.08. The molecule has 0 fully saturated rings. The number of hydrogen-bond acceptors (Lipinski definition) is 7. The van der Waals surface area contributed by atoms with Crippen molar-refractivity contribution >= 4 is 22.7 Å². The number of aromatic nitrogens is 4. The molecule has 0 aliphatic carbocycles. The number of oxazole rings is 1. The van der Waals surface area contributed by atoms with Crippen LogP contribution < -0.4 is 15.6 Å². The molecule has 2 aromatic carbocycles. The molecule has 10 nitrogen and oxygen atoms in total. The molecule has 0 bridgehead atoms. The van der Waals surface area contributed by atoms with Crippen LogP contribution in [0.25, 0.3) is 39.3 Å². The number of nitrogens with zero attached hydrogens (tertiary/aromatic N) is 3. The van der Waals surface area contributed by atoms with Crippen molar-refractivity contribution < 1.29 is 32.2 Å². The summed E-state index contributed by atoms with van der Waals surface area (Å²) < 4.78 is 53.7. The van der Waals surface area contributed by atoms with Crippen molar-refractivity contribution in [3.63, 3.8) is 0 Å². The van der Waals surface area contributed by atoms with Crippen LogP contribution in [-0.4, -0.2) is 50.9 Å². The van der Waals surface area contributed by atoms with E-state index in [1.54, 1.807) is 24.3 Å². The van der Waals surface area contributed by atoms with Gasteiger partial charge in [0.2, 0.25) is 5.89 Å². The first-order chi connectivity index (χ1) is 17.7. The van der Waals surface area contributed by atoms with Gasteiger partial charge in [0.15, 0.2) is 16.7 Å². The number of ether oxygens (including phenoxy) is 1. The molecule has 0 spiro atoms. The summed E-state index contributed by atoms with van der Waals surface area (Å²) in [5.41, 5.74) is -3.51. The molecule has 0 saturated carbocycles. The third-order valence-corrected chi connectivity index (χ3v) is 5.55. The molecule has 1 amide bonds. The molecular weight excluding hydrogens is 495 g/mol. The maximum atomic E-state index is 14.0. The number of aliphatic hydroxyl groups excluding tert-OH is 1. The second kappa shape index (κ2) is 9.09. The summed E-state index contributed by atoms with van der Waals surface area (Å²) in [4.78, 5) is 35.1. The number of rotatable bonds is 6. The number of carbonyl (C=O) groups excluding carboxylic acids is 1. The standard InChI is InChI=1S/C24H18F3N5O5/c1-36-13-8-5-9-14-17(13)30-22(37-14)16-18(21(34)28-10-11-33)29-20-15(12-6-3-2-4-7-12)19(24(25,26)27)31-32(20)23(16)35/h2-9,31,33H,10-11H2,1H3,(H,28,34). The van der Waals surface area contributed by atoms with E-state index in [4.69, 9.17) is 14.3 Å². The summed E-state index contributed by atoms with van der Waals surface area (Å²) in [6.07, 6.45) is -4.88. The number of carbonyl (C=O) groups is 1. The number of alkyl halides is 3. The predicted octanol–water partition coefficient (Wildman–Crippen LogP) is 3.25. The lowest BCUT2D eigenvalue weighted by molar-refractivity contribution is -0.140. The largest absolute Gasteiger partial charge is 0.494 e. The van der Waals surface area contributed by atoms with E-state index in [2.05, 4.69) is 20.4 Å². The second-order valence-electron chi connectivity index (χ2n) is 7.83.